The summed E-state index contributed by atoms with van der Waals surface area (Å²) in [6.07, 6.45) is 0.0864. The van der Waals surface area contributed by atoms with Gasteiger partial charge in [0.1, 0.15) is 5.82 Å². The first-order valence-electron chi connectivity index (χ1n) is 5.19. The summed E-state index contributed by atoms with van der Waals surface area (Å²) in [4.78, 5) is 11.9. The molecule has 0 fully saturated rings. The molecule has 2 aromatic rings. The Labute approximate surface area is 107 Å². The van der Waals surface area contributed by atoms with Gasteiger partial charge in [-0.05, 0) is 17.7 Å². The quantitative estimate of drug-likeness (QED) is 0.781. The molecule has 0 saturated heterocycles. The molecule has 0 aliphatic heterocycles. The van der Waals surface area contributed by atoms with Gasteiger partial charge >= 0.3 is 0 Å². The third-order valence-electron chi connectivity index (χ3n) is 2.46. The summed E-state index contributed by atoms with van der Waals surface area (Å²) in [5.41, 5.74) is 1.02. The summed E-state index contributed by atoms with van der Waals surface area (Å²) in [5, 5.41) is 0. The number of Topliss-reactive ketones (excluding diaryl/α,β-unsaturated/α-hetero) is 1. The fourth-order valence-corrected chi connectivity index (χ4v) is 1.90. The van der Waals surface area contributed by atoms with E-state index in [0.717, 1.165) is 0 Å². The molecule has 0 N–H and O–H groups in total. The van der Waals surface area contributed by atoms with Gasteiger partial charge in [0.2, 0.25) is 0 Å². The topological polar surface area (TPSA) is 17.1 Å². The van der Waals surface area contributed by atoms with Gasteiger partial charge in [-0.3, -0.25) is 4.79 Å². The SMILES string of the molecule is O=C(Cc1ccc(Br)cc1F)c1ccccc1. The first kappa shape index (κ1) is 12.0. The first-order valence-corrected chi connectivity index (χ1v) is 5.98. The molecule has 0 bridgehead atoms. The van der Waals surface area contributed by atoms with Gasteiger partial charge in [0, 0.05) is 16.5 Å². The van der Waals surface area contributed by atoms with Crippen LogP contribution in [0.4, 0.5) is 4.39 Å². The molecule has 1 nitrogen and oxygen atoms in total. The molecule has 0 aromatic heterocycles. The van der Waals surface area contributed by atoms with E-state index in [2.05, 4.69) is 15.9 Å². The molecule has 2 aromatic carbocycles. The monoisotopic (exact) mass is 292 g/mol. The van der Waals surface area contributed by atoms with E-state index in [0.29, 0.717) is 15.6 Å². The molecule has 0 spiro atoms. The van der Waals surface area contributed by atoms with Crippen LogP contribution in [0.5, 0.6) is 0 Å². The zero-order valence-electron chi connectivity index (χ0n) is 8.99. The van der Waals surface area contributed by atoms with Crippen LogP contribution in [0.15, 0.2) is 53.0 Å². The van der Waals surface area contributed by atoms with Crippen LogP contribution in [0.25, 0.3) is 0 Å². The highest BCUT2D eigenvalue weighted by molar-refractivity contribution is 9.10. The number of hydrogen-bond acceptors (Lipinski definition) is 1. The van der Waals surface area contributed by atoms with E-state index >= 15 is 0 Å². The third kappa shape index (κ3) is 3.01. The second-order valence-corrected chi connectivity index (χ2v) is 4.62. The first-order chi connectivity index (χ1) is 8.16. The molecule has 0 aliphatic rings. The number of carbonyl (C=O) groups excluding carboxylic acids is 1. The molecule has 86 valence electrons. The minimum atomic E-state index is -0.358. The third-order valence-corrected chi connectivity index (χ3v) is 2.96. The summed E-state index contributed by atoms with van der Waals surface area (Å²) in [5.74, 6) is -0.435. The number of halogens is 2. The van der Waals surface area contributed by atoms with E-state index in [-0.39, 0.29) is 18.0 Å². The van der Waals surface area contributed by atoms with Gasteiger partial charge in [-0.15, -0.1) is 0 Å². The van der Waals surface area contributed by atoms with Crippen molar-refractivity contribution < 1.29 is 9.18 Å². The molecule has 17 heavy (non-hydrogen) atoms. The number of rotatable bonds is 3. The van der Waals surface area contributed by atoms with Crippen LogP contribution < -0.4 is 0 Å². The van der Waals surface area contributed by atoms with Gasteiger partial charge in [0.15, 0.2) is 5.78 Å². The van der Waals surface area contributed by atoms with Crippen molar-refractivity contribution in [2.45, 2.75) is 6.42 Å². The van der Waals surface area contributed by atoms with E-state index in [4.69, 9.17) is 0 Å². The van der Waals surface area contributed by atoms with E-state index < -0.39 is 0 Å². The van der Waals surface area contributed by atoms with Crippen LogP contribution in [0.1, 0.15) is 15.9 Å². The summed E-state index contributed by atoms with van der Waals surface area (Å²) < 4.78 is 14.2. The highest BCUT2D eigenvalue weighted by Crippen LogP contribution is 2.17. The lowest BCUT2D eigenvalue weighted by Crippen LogP contribution is -2.04. The van der Waals surface area contributed by atoms with Crippen molar-refractivity contribution in [2.75, 3.05) is 0 Å². The smallest absolute Gasteiger partial charge is 0.167 e. The Hall–Kier alpha value is -1.48. The lowest BCUT2D eigenvalue weighted by molar-refractivity contribution is 0.0992. The number of benzene rings is 2. The van der Waals surface area contributed by atoms with E-state index in [9.17, 15) is 9.18 Å². The Balaban J connectivity index is 2.19. The fraction of sp³-hybridized carbons (Fsp3) is 0.0714. The molecule has 2 rings (SSSR count). The average molecular weight is 293 g/mol. The lowest BCUT2D eigenvalue weighted by atomic mass is 10.0. The minimum absolute atomic E-state index is 0.0770. The lowest BCUT2D eigenvalue weighted by Gasteiger charge is -2.03. The number of carbonyl (C=O) groups is 1. The van der Waals surface area contributed by atoms with Crippen molar-refractivity contribution >= 4 is 21.7 Å². The van der Waals surface area contributed by atoms with Crippen LogP contribution in [-0.4, -0.2) is 5.78 Å². The summed E-state index contributed by atoms with van der Waals surface area (Å²) in [7, 11) is 0. The molecule has 0 saturated carbocycles. The predicted molar refractivity (Wildman–Crippen MR) is 68.6 cm³/mol. The van der Waals surface area contributed by atoms with Crippen molar-refractivity contribution in [3.63, 3.8) is 0 Å². The maximum absolute atomic E-state index is 13.5. The molecular weight excluding hydrogens is 283 g/mol. The highest BCUT2D eigenvalue weighted by atomic mass is 79.9. The molecule has 0 amide bonds. The molecular formula is C14H10BrFO. The van der Waals surface area contributed by atoms with Crippen molar-refractivity contribution in [2.24, 2.45) is 0 Å². The normalized spacial score (nSPS) is 10.2. The average Bonchev–Trinajstić information content (AvgIpc) is 2.34. The molecule has 0 radical (unpaired) electrons. The standard InChI is InChI=1S/C14H10BrFO/c15-12-7-6-11(13(16)9-12)8-14(17)10-4-2-1-3-5-10/h1-7,9H,8H2. The van der Waals surface area contributed by atoms with Crippen LogP contribution >= 0.6 is 15.9 Å². The largest absolute Gasteiger partial charge is 0.294 e. The van der Waals surface area contributed by atoms with Crippen molar-refractivity contribution in [3.8, 4) is 0 Å². The maximum atomic E-state index is 13.5. The zero-order chi connectivity index (χ0) is 12.3. The van der Waals surface area contributed by atoms with E-state index in [1.54, 1.807) is 36.4 Å². The second-order valence-electron chi connectivity index (χ2n) is 3.70. The maximum Gasteiger partial charge on any atom is 0.167 e. The summed E-state index contributed by atoms with van der Waals surface area (Å²) in [6, 6.07) is 13.6. The van der Waals surface area contributed by atoms with Crippen LogP contribution in [0.2, 0.25) is 0 Å². The van der Waals surface area contributed by atoms with E-state index in [1.165, 1.54) is 6.07 Å². The number of ketones is 1. The predicted octanol–water partition coefficient (Wildman–Crippen LogP) is 4.01. The Kier molecular flexibility index (Phi) is 3.69. The van der Waals surface area contributed by atoms with Gasteiger partial charge in [-0.25, -0.2) is 4.39 Å². The highest BCUT2D eigenvalue weighted by Gasteiger charge is 2.10. The zero-order valence-corrected chi connectivity index (χ0v) is 10.6. The Morgan fingerprint density at radius 3 is 2.47 bits per heavy atom. The molecule has 0 atom stereocenters. The van der Waals surface area contributed by atoms with Gasteiger partial charge in [0.05, 0.1) is 0 Å². The van der Waals surface area contributed by atoms with Crippen LogP contribution in [-0.2, 0) is 6.42 Å². The van der Waals surface area contributed by atoms with Crippen molar-refractivity contribution in [3.05, 3.63) is 69.9 Å². The molecule has 0 aliphatic carbocycles. The number of hydrogen-bond donors (Lipinski definition) is 0. The van der Waals surface area contributed by atoms with Gasteiger partial charge in [-0.1, -0.05) is 52.3 Å². The van der Waals surface area contributed by atoms with Gasteiger partial charge < -0.3 is 0 Å². The van der Waals surface area contributed by atoms with E-state index in [1.807, 2.05) is 6.07 Å². The van der Waals surface area contributed by atoms with Crippen LogP contribution in [0, 0.1) is 5.82 Å². The Morgan fingerprint density at radius 1 is 1.12 bits per heavy atom. The molecule has 3 heteroatoms. The summed E-state index contributed by atoms with van der Waals surface area (Å²) in [6.45, 7) is 0. The Morgan fingerprint density at radius 2 is 1.82 bits per heavy atom. The minimum Gasteiger partial charge on any atom is -0.294 e. The van der Waals surface area contributed by atoms with Crippen molar-refractivity contribution in [1.29, 1.82) is 0 Å². The second kappa shape index (κ2) is 5.23. The van der Waals surface area contributed by atoms with Crippen LogP contribution in [0.3, 0.4) is 0 Å². The summed E-state index contributed by atoms with van der Waals surface area (Å²) >= 11 is 3.18. The van der Waals surface area contributed by atoms with Gasteiger partial charge in [0.25, 0.3) is 0 Å². The Bertz CT molecular complexity index is 537. The molecule has 0 heterocycles. The fourth-order valence-electron chi connectivity index (χ4n) is 1.56. The van der Waals surface area contributed by atoms with Gasteiger partial charge in [-0.2, -0.15) is 0 Å². The van der Waals surface area contributed by atoms with Crippen molar-refractivity contribution in [1.82, 2.24) is 0 Å². The molecule has 0 unspecified atom stereocenters.